The molecule has 1 aromatic carbocycles. The van der Waals surface area contributed by atoms with Crippen molar-refractivity contribution in [1.29, 1.82) is 0 Å². The molecule has 0 radical (unpaired) electrons. The molecule has 9 heteroatoms. The van der Waals surface area contributed by atoms with E-state index in [-0.39, 0.29) is 24.6 Å². The summed E-state index contributed by atoms with van der Waals surface area (Å²) >= 11 is 0. The summed E-state index contributed by atoms with van der Waals surface area (Å²) in [7, 11) is 1.44. The Labute approximate surface area is 155 Å². The van der Waals surface area contributed by atoms with Gasteiger partial charge in [0.2, 0.25) is 0 Å². The number of hydrogen-bond donors (Lipinski definition) is 4. The molecule has 0 unspecified atom stereocenters. The molecular formula is C18H20N6O3. The van der Waals surface area contributed by atoms with Gasteiger partial charge in [0, 0.05) is 19.4 Å². The number of benzene rings is 1. The van der Waals surface area contributed by atoms with Gasteiger partial charge in [-0.15, -0.1) is 0 Å². The topological polar surface area (TPSA) is 121 Å². The molecule has 0 bridgehead atoms. The summed E-state index contributed by atoms with van der Waals surface area (Å²) in [4.78, 5) is 28.0. The fourth-order valence-corrected chi connectivity index (χ4v) is 2.55. The normalized spacial score (nSPS) is 11.8. The average Bonchev–Trinajstić information content (AvgIpc) is 3.04. The van der Waals surface area contributed by atoms with Crippen LogP contribution in [0.5, 0.6) is 0 Å². The molecular weight excluding hydrogens is 348 g/mol. The van der Waals surface area contributed by atoms with Crippen molar-refractivity contribution in [2.45, 2.75) is 13.0 Å². The van der Waals surface area contributed by atoms with E-state index in [1.807, 2.05) is 37.3 Å². The first kappa shape index (κ1) is 18.3. The highest BCUT2D eigenvalue weighted by Crippen LogP contribution is 2.21. The lowest BCUT2D eigenvalue weighted by atomic mass is 10.1. The number of methoxy groups -OCH3 is 1. The standard InChI is InChI=1S/C18H20N6O3/c1-11(12-6-4-3-5-7-12)20-18(26)21-15-8-14-13(9-19-15)17(24-23-14)22-16(25)10-27-2/h3-9,11H,10H2,1-2H3,(H2,19,20,21,26)(H2,22,23,24,25)/t11-/m1/s1. The van der Waals surface area contributed by atoms with Crippen molar-refractivity contribution in [3.8, 4) is 0 Å². The van der Waals surface area contributed by atoms with Crippen molar-refractivity contribution in [3.05, 3.63) is 48.2 Å². The number of anilines is 2. The van der Waals surface area contributed by atoms with Crippen LogP contribution in [-0.4, -0.2) is 40.8 Å². The van der Waals surface area contributed by atoms with Crippen LogP contribution in [0.25, 0.3) is 10.9 Å². The van der Waals surface area contributed by atoms with E-state index in [9.17, 15) is 9.59 Å². The minimum absolute atomic E-state index is 0.0683. The van der Waals surface area contributed by atoms with Crippen LogP contribution in [0.1, 0.15) is 18.5 Å². The van der Waals surface area contributed by atoms with Crippen LogP contribution in [0, 0.1) is 0 Å². The van der Waals surface area contributed by atoms with Gasteiger partial charge in [-0.05, 0) is 12.5 Å². The second kappa shape index (κ2) is 8.28. The van der Waals surface area contributed by atoms with Gasteiger partial charge in [-0.1, -0.05) is 30.3 Å². The minimum atomic E-state index is -0.369. The number of urea groups is 1. The van der Waals surface area contributed by atoms with Gasteiger partial charge in [0.05, 0.1) is 16.9 Å². The van der Waals surface area contributed by atoms with E-state index in [0.717, 1.165) is 5.56 Å². The van der Waals surface area contributed by atoms with Gasteiger partial charge < -0.3 is 15.4 Å². The number of nitrogens with zero attached hydrogens (tertiary/aromatic N) is 2. The molecule has 0 aliphatic heterocycles. The zero-order valence-electron chi connectivity index (χ0n) is 14.9. The Kier molecular flexibility index (Phi) is 5.62. The molecule has 0 spiro atoms. The van der Waals surface area contributed by atoms with Crippen molar-refractivity contribution in [1.82, 2.24) is 20.5 Å². The second-order valence-electron chi connectivity index (χ2n) is 5.90. The summed E-state index contributed by atoms with van der Waals surface area (Å²) in [5.74, 6) is 0.398. The molecule has 0 aliphatic rings. The number of rotatable bonds is 6. The van der Waals surface area contributed by atoms with Crippen molar-refractivity contribution in [2.75, 3.05) is 24.4 Å². The summed E-state index contributed by atoms with van der Waals surface area (Å²) in [5, 5.41) is 15.6. The van der Waals surface area contributed by atoms with Gasteiger partial charge in [-0.2, -0.15) is 5.10 Å². The molecule has 3 rings (SSSR count). The van der Waals surface area contributed by atoms with Gasteiger partial charge >= 0.3 is 6.03 Å². The summed E-state index contributed by atoms with van der Waals surface area (Å²) in [5.41, 5.74) is 1.63. The number of pyridine rings is 1. The van der Waals surface area contributed by atoms with Crippen LogP contribution < -0.4 is 16.0 Å². The molecule has 1 atom stereocenters. The van der Waals surface area contributed by atoms with Crippen LogP contribution in [0.4, 0.5) is 16.4 Å². The quantitative estimate of drug-likeness (QED) is 0.532. The number of carbonyl (C=O) groups excluding carboxylic acids is 2. The molecule has 0 saturated carbocycles. The molecule has 3 amide bonds. The lowest BCUT2D eigenvalue weighted by molar-refractivity contribution is -0.119. The molecule has 3 aromatic rings. The number of ether oxygens (including phenoxy) is 1. The number of amides is 3. The van der Waals surface area contributed by atoms with Crippen molar-refractivity contribution >= 4 is 34.5 Å². The van der Waals surface area contributed by atoms with Gasteiger partial charge in [0.25, 0.3) is 5.91 Å². The highest BCUT2D eigenvalue weighted by atomic mass is 16.5. The van der Waals surface area contributed by atoms with Gasteiger partial charge in [0.15, 0.2) is 5.82 Å². The van der Waals surface area contributed by atoms with E-state index in [1.54, 1.807) is 6.07 Å². The molecule has 140 valence electrons. The lowest BCUT2D eigenvalue weighted by Crippen LogP contribution is -2.31. The van der Waals surface area contributed by atoms with Gasteiger partial charge in [-0.3, -0.25) is 15.2 Å². The maximum Gasteiger partial charge on any atom is 0.320 e. The van der Waals surface area contributed by atoms with E-state index in [1.165, 1.54) is 13.3 Å². The van der Waals surface area contributed by atoms with E-state index in [0.29, 0.717) is 22.5 Å². The first-order valence-electron chi connectivity index (χ1n) is 8.32. The zero-order chi connectivity index (χ0) is 19.2. The summed E-state index contributed by atoms with van der Waals surface area (Å²) in [6, 6.07) is 10.8. The Morgan fingerprint density at radius 1 is 1.22 bits per heavy atom. The van der Waals surface area contributed by atoms with Crippen LogP contribution in [0.2, 0.25) is 0 Å². The first-order chi connectivity index (χ1) is 13.1. The maximum absolute atomic E-state index is 12.2. The number of hydrogen-bond acceptors (Lipinski definition) is 5. The largest absolute Gasteiger partial charge is 0.375 e. The molecule has 0 fully saturated rings. The van der Waals surface area contributed by atoms with E-state index >= 15 is 0 Å². The van der Waals surface area contributed by atoms with E-state index in [4.69, 9.17) is 4.74 Å². The number of carbonyl (C=O) groups is 2. The monoisotopic (exact) mass is 368 g/mol. The average molecular weight is 368 g/mol. The predicted molar refractivity (Wildman–Crippen MR) is 101 cm³/mol. The molecule has 2 heterocycles. The molecule has 2 aromatic heterocycles. The molecule has 27 heavy (non-hydrogen) atoms. The summed E-state index contributed by atoms with van der Waals surface area (Å²) in [6.07, 6.45) is 1.53. The molecule has 0 saturated heterocycles. The first-order valence-corrected chi connectivity index (χ1v) is 8.32. The third-order valence-electron chi connectivity index (χ3n) is 3.87. The van der Waals surface area contributed by atoms with Gasteiger partial charge in [-0.25, -0.2) is 9.78 Å². The molecule has 9 nitrogen and oxygen atoms in total. The molecule has 0 aliphatic carbocycles. The van der Waals surface area contributed by atoms with Crippen LogP contribution in [-0.2, 0) is 9.53 Å². The number of fused-ring (bicyclic) bond motifs is 1. The fourth-order valence-electron chi connectivity index (χ4n) is 2.55. The van der Waals surface area contributed by atoms with Crippen molar-refractivity contribution in [3.63, 3.8) is 0 Å². The predicted octanol–water partition coefficient (Wildman–Crippen LogP) is 2.43. The zero-order valence-corrected chi connectivity index (χ0v) is 14.9. The Bertz CT molecular complexity index is 941. The molecule has 4 N–H and O–H groups in total. The summed E-state index contributed by atoms with van der Waals surface area (Å²) < 4.78 is 4.77. The Morgan fingerprint density at radius 3 is 2.74 bits per heavy atom. The number of nitrogens with one attached hydrogen (secondary N) is 4. The maximum atomic E-state index is 12.2. The van der Waals surface area contributed by atoms with Crippen LogP contribution >= 0.6 is 0 Å². The highest BCUT2D eigenvalue weighted by molar-refractivity contribution is 6.00. The number of aromatic amines is 1. The Balaban J connectivity index is 1.65. The lowest BCUT2D eigenvalue weighted by Gasteiger charge is -2.14. The third kappa shape index (κ3) is 4.59. The number of H-pyrrole nitrogens is 1. The van der Waals surface area contributed by atoms with Crippen LogP contribution in [0.15, 0.2) is 42.6 Å². The smallest absolute Gasteiger partial charge is 0.320 e. The fraction of sp³-hybridized carbons (Fsp3) is 0.222. The van der Waals surface area contributed by atoms with E-state index < -0.39 is 0 Å². The van der Waals surface area contributed by atoms with Gasteiger partial charge in [0.1, 0.15) is 12.4 Å². The van der Waals surface area contributed by atoms with Crippen molar-refractivity contribution in [2.24, 2.45) is 0 Å². The minimum Gasteiger partial charge on any atom is -0.375 e. The Morgan fingerprint density at radius 2 is 2.00 bits per heavy atom. The number of aromatic nitrogens is 3. The van der Waals surface area contributed by atoms with Crippen LogP contribution in [0.3, 0.4) is 0 Å². The van der Waals surface area contributed by atoms with E-state index in [2.05, 4.69) is 31.1 Å². The SMILES string of the molecule is COCC(=O)Nc1n[nH]c2cc(NC(=O)N[C@H](C)c3ccccc3)ncc12. The third-order valence-corrected chi connectivity index (χ3v) is 3.87. The highest BCUT2D eigenvalue weighted by Gasteiger charge is 2.13. The Hall–Kier alpha value is -3.46. The second-order valence-corrected chi connectivity index (χ2v) is 5.90. The van der Waals surface area contributed by atoms with Crippen molar-refractivity contribution < 1.29 is 14.3 Å². The summed E-state index contributed by atoms with van der Waals surface area (Å²) in [6.45, 7) is 1.83.